The van der Waals surface area contributed by atoms with Crippen LogP contribution in [0.3, 0.4) is 0 Å². The molecule has 2 aromatic heterocycles. The Morgan fingerprint density at radius 3 is 2.94 bits per heavy atom. The summed E-state index contributed by atoms with van der Waals surface area (Å²) in [5.41, 5.74) is 0. The summed E-state index contributed by atoms with van der Waals surface area (Å²) in [4.78, 5) is 0.0923. The molecule has 0 saturated carbocycles. The average Bonchev–Trinajstić information content (AvgIpc) is 2.85. The van der Waals surface area contributed by atoms with E-state index in [1.165, 1.54) is 18.7 Å². The minimum atomic E-state index is -3.53. The van der Waals surface area contributed by atoms with Crippen molar-refractivity contribution in [3.8, 4) is 0 Å². The molecule has 8 nitrogen and oxygen atoms in total. The van der Waals surface area contributed by atoms with E-state index in [4.69, 9.17) is 0 Å². The lowest BCUT2D eigenvalue weighted by molar-refractivity contribution is 0.577. The van der Waals surface area contributed by atoms with Crippen LogP contribution in [-0.4, -0.2) is 33.4 Å². The molecule has 0 amide bonds. The summed E-state index contributed by atoms with van der Waals surface area (Å²) in [5.74, 6) is 0.534. The van der Waals surface area contributed by atoms with E-state index in [1.54, 1.807) is 11.6 Å². The Hall–Kier alpha value is -1.74. The molecule has 0 aromatic carbocycles. The van der Waals surface area contributed by atoms with Crippen LogP contribution in [0.1, 0.15) is 5.82 Å². The number of sulfonamides is 1. The Morgan fingerprint density at radius 1 is 1.56 bits per heavy atom. The van der Waals surface area contributed by atoms with Gasteiger partial charge in [-0.2, -0.15) is 5.10 Å². The highest BCUT2D eigenvalue weighted by Crippen LogP contribution is 2.04. The van der Waals surface area contributed by atoms with Crippen molar-refractivity contribution in [2.45, 2.75) is 11.4 Å². The van der Waals surface area contributed by atoms with E-state index in [0.29, 0.717) is 5.82 Å². The lowest BCUT2D eigenvalue weighted by Crippen LogP contribution is -2.24. The van der Waals surface area contributed by atoms with Crippen molar-refractivity contribution in [2.75, 3.05) is 0 Å². The first-order chi connectivity index (χ1) is 7.59. The van der Waals surface area contributed by atoms with Crippen LogP contribution in [0.15, 0.2) is 23.6 Å². The van der Waals surface area contributed by atoms with E-state index < -0.39 is 10.0 Å². The molecule has 2 N–H and O–H groups in total. The largest absolute Gasteiger partial charge is 0.320 e. The number of aryl methyl sites for hydroxylation is 1. The van der Waals surface area contributed by atoms with Gasteiger partial charge in [0.1, 0.15) is 17.0 Å². The lowest BCUT2D eigenvalue weighted by Gasteiger charge is -2.03. The van der Waals surface area contributed by atoms with Crippen molar-refractivity contribution in [2.24, 2.45) is 7.05 Å². The van der Waals surface area contributed by atoms with Crippen molar-refractivity contribution in [1.82, 2.24) is 29.7 Å². The maximum Gasteiger partial charge on any atom is 0.244 e. The van der Waals surface area contributed by atoms with Gasteiger partial charge in [0.2, 0.25) is 10.0 Å². The van der Waals surface area contributed by atoms with Crippen molar-refractivity contribution >= 4 is 10.0 Å². The third-order valence-corrected chi connectivity index (χ3v) is 3.38. The monoisotopic (exact) mass is 242 g/mol. The van der Waals surface area contributed by atoms with Crippen LogP contribution in [0.5, 0.6) is 0 Å². The molecule has 0 aliphatic rings. The number of rotatable bonds is 4. The van der Waals surface area contributed by atoms with Crippen LogP contribution in [-0.2, 0) is 23.6 Å². The molecule has 0 unspecified atom stereocenters. The average molecular weight is 242 g/mol. The Kier molecular flexibility index (Phi) is 2.71. The molecule has 2 rings (SSSR count). The summed E-state index contributed by atoms with van der Waals surface area (Å²) in [5, 5.41) is 13.4. The smallest absolute Gasteiger partial charge is 0.244 e. The molecule has 2 heterocycles. The van der Waals surface area contributed by atoms with Gasteiger partial charge in [0.15, 0.2) is 0 Å². The van der Waals surface area contributed by atoms with Crippen LogP contribution in [0.4, 0.5) is 0 Å². The Bertz CT molecular complexity index is 557. The van der Waals surface area contributed by atoms with Crippen molar-refractivity contribution in [3.63, 3.8) is 0 Å². The first kappa shape index (κ1) is 10.8. The second kappa shape index (κ2) is 4.02. The second-order valence-electron chi connectivity index (χ2n) is 3.12. The third kappa shape index (κ3) is 2.09. The number of aromatic nitrogens is 5. The van der Waals surface area contributed by atoms with Gasteiger partial charge >= 0.3 is 0 Å². The maximum atomic E-state index is 11.7. The van der Waals surface area contributed by atoms with Crippen LogP contribution in [0.25, 0.3) is 0 Å². The SMILES string of the molecule is Cn1cnnc1CNS(=O)(=O)c1cn[nH]c1. The summed E-state index contributed by atoms with van der Waals surface area (Å²) in [7, 11) is -1.80. The van der Waals surface area contributed by atoms with Gasteiger partial charge in [0.05, 0.1) is 12.7 Å². The van der Waals surface area contributed by atoms with Crippen LogP contribution in [0, 0.1) is 0 Å². The second-order valence-corrected chi connectivity index (χ2v) is 4.88. The van der Waals surface area contributed by atoms with Gasteiger partial charge in [-0.05, 0) is 0 Å². The summed E-state index contributed by atoms with van der Waals surface area (Å²) in [6.07, 6.45) is 4.04. The molecule has 16 heavy (non-hydrogen) atoms. The van der Waals surface area contributed by atoms with Gasteiger partial charge < -0.3 is 4.57 Å². The molecule has 9 heteroatoms. The molecular weight excluding hydrogens is 232 g/mol. The predicted octanol–water partition coefficient (Wildman–Crippen LogP) is -0.983. The molecule has 0 spiro atoms. The Labute approximate surface area is 91.8 Å². The fraction of sp³-hybridized carbons (Fsp3) is 0.286. The summed E-state index contributed by atoms with van der Waals surface area (Å²) in [6.45, 7) is 0.0873. The first-order valence-electron chi connectivity index (χ1n) is 4.41. The zero-order valence-electron chi connectivity index (χ0n) is 8.45. The maximum absolute atomic E-state index is 11.7. The van der Waals surface area contributed by atoms with E-state index in [1.807, 2.05) is 0 Å². The molecule has 2 aromatic rings. The Morgan fingerprint density at radius 2 is 2.38 bits per heavy atom. The van der Waals surface area contributed by atoms with Crippen molar-refractivity contribution in [3.05, 3.63) is 24.5 Å². The van der Waals surface area contributed by atoms with E-state index in [0.717, 1.165) is 0 Å². The van der Waals surface area contributed by atoms with Crippen molar-refractivity contribution in [1.29, 1.82) is 0 Å². The molecule has 86 valence electrons. The minimum absolute atomic E-state index is 0.0873. The van der Waals surface area contributed by atoms with Crippen LogP contribution < -0.4 is 4.72 Å². The normalized spacial score (nSPS) is 11.8. The number of aromatic amines is 1. The molecule has 0 saturated heterocycles. The van der Waals surface area contributed by atoms with E-state index in [9.17, 15) is 8.42 Å². The van der Waals surface area contributed by atoms with Gasteiger partial charge in [-0.25, -0.2) is 13.1 Å². The highest BCUT2D eigenvalue weighted by Gasteiger charge is 2.15. The number of nitrogens with zero attached hydrogens (tertiary/aromatic N) is 4. The molecule has 0 fully saturated rings. The number of hydrogen-bond donors (Lipinski definition) is 2. The van der Waals surface area contributed by atoms with E-state index >= 15 is 0 Å². The quantitative estimate of drug-likeness (QED) is 0.716. The fourth-order valence-electron chi connectivity index (χ4n) is 1.10. The molecule has 0 aliphatic heterocycles. The standard InChI is InChI=1S/C7H10N6O2S/c1-13-5-10-12-7(13)4-11-16(14,15)6-2-8-9-3-6/h2-3,5,11H,4H2,1H3,(H,8,9). The first-order valence-corrected chi connectivity index (χ1v) is 5.89. The minimum Gasteiger partial charge on any atom is -0.320 e. The summed E-state index contributed by atoms with van der Waals surface area (Å²) < 4.78 is 27.4. The van der Waals surface area contributed by atoms with Crippen LogP contribution >= 0.6 is 0 Å². The molecule has 0 aliphatic carbocycles. The highest BCUT2D eigenvalue weighted by atomic mass is 32.2. The van der Waals surface area contributed by atoms with Crippen molar-refractivity contribution < 1.29 is 8.42 Å². The van der Waals surface area contributed by atoms with Gasteiger partial charge in [0, 0.05) is 13.2 Å². The third-order valence-electron chi connectivity index (χ3n) is 2.01. The van der Waals surface area contributed by atoms with Crippen LogP contribution in [0.2, 0.25) is 0 Å². The number of hydrogen-bond acceptors (Lipinski definition) is 5. The molecule has 0 radical (unpaired) electrons. The van der Waals surface area contributed by atoms with Gasteiger partial charge in [-0.3, -0.25) is 5.10 Å². The van der Waals surface area contributed by atoms with Gasteiger partial charge in [-0.15, -0.1) is 10.2 Å². The predicted molar refractivity (Wildman–Crippen MR) is 53.6 cm³/mol. The number of H-pyrrole nitrogens is 1. The zero-order valence-corrected chi connectivity index (χ0v) is 9.27. The van der Waals surface area contributed by atoms with Gasteiger partial charge in [0.25, 0.3) is 0 Å². The lowest BCUT2D eigenvalue weighted by atomic mass is 10.6. The fourth-order valence-corrected chi connectivity index (χ4v) is 1.98. The molecular formula is C7H10N6O2S. The van der Waals surface area contributed by atoms with E-state index in [-0.39, 0.29) is 11.4 Å². The zero-order chi connectivity index (χ0) is 11.6. The summed E-state index contributed by atoms with van der Waals surface area (Å²) in [6, 6.07) is 0. The molecule has 0 atom stereocenters. The van der Waals surface area contributed by atoms with E-state index in [2.05, 4.69) is 25.1 Å². The number of nitrogens with one attached hydrogen (secondary N) is 2. The Balaban J connectivity index is 2.09. The van der Waals surface area contributed by atoms with Gasteiger partial charge in [-0.1, -0.05) is 0 Å². The molecule has 0 bridgehead atoms. The highest BCUT2D eigenvalue weighted by molar-refractivity contribution is 7.89. The summed E-state index contributed by atoms with van der Waals surface area (Å²) >= 11 is 0. The topological polar surface area (TPSA) is 106 Å².